The Balaban J connectivity index is 1.72. The highest BCUT2D eigenvalue weighted by atomic mass is 35.5. The van der Waals surface area contributed by atoms with Crippen LogP contribution in [0.4, 0.5) is 14.9 Å². The summed E-state index contributed by atoms with van der Waals surface area (Å²) < 4.78 is 13.2. The second-order valence-electron chi connectivity index (χ2n) is 6.42. The SMILES string of the molecule is CCCN1C(=O)[C@@H]2CC[C@H]1CN(C(=O)Nc1ccc(F)c(Cl)c1)C2. The minimum absolute atomic E-state index is 0.0342. The van der Waals surface area contributed by atoms with Gasteiger partial charge in [0.25, 0.3) is 0 Å². The van der Waals surface area contributed by atoms with Crippen molar-refractivity contribution >= 4 is 29.2 Å². The van der Waals surface area contributed by atoms with Crippen molar-refractivity contribution in [2.24, 2.45) is 5.92 Å². The largest absolute Gasteiger partial charge is 0.338 e. The highest BCUT2D eigenvalue weighted by Gasteiger charge is 2.41. The van der Waals surface area contributed by atoms with E-state index in [2.05, 4.69) is 12.2 Å². The van der Waals surface area contributed by atoms with Crippen molar-refractivity contribution < 1.29 is 14.0 Å². The van der Waals surface area contributed by atoms with Gasteiger partial charge in [-0.15, -0.1) is 0 Å². The molecule has 1 N–H and O–H groups in total. The first-order chi connectivity index (χ1) is 11.5. The molecule has 0 unspecified atom stereocenters. The standard InChI is InChI=1S/C17H21ClFN3O2/c1-2-7-22-13-5-3-11(16(22)23)9-21(10-13)17(24)20-12-4-6-15(19)14(18)8-12/h4,6,8,11,13H,2-3,5,7,9-10H2,1H3,(H,20,24)/t11-,13+/m1/s1. The first-order valence-electron chi connectivity index (χ1n) is 8.31. The molecule has 0 spiro atoms. The maximum Gasteiger partial charge on any atom is 0.321 e. The number of nitrogens with one attached hydrogen (secondary N) is 1. The normalized spacial score (nSPS) is 23.4. The summed E-state index contributed by atoms with van der Waals surface area (Å²) in [6, 6.07) is 3.88. The zero-order chi connectivity index (χ0) is 17.3. The van der Waals surface area contributed by atoms with Gasteiger partial charge in [-0.25, -0.2) is 9.18 Å². The van der Waals surface area contributed by atoms with Crippen molar-refractivity contribution in [3.05, 3.63) is 29.0 Å². The molecule has 5 nitrogen and oxygen atoms in total. The minimum Gasteiger partial charge on any atom is -0.338 e. The van der Waals surface area contributed by atoms with E-state index in [4.69, 9.17) is 11.6 Å². The second-order valence-corrected chi connectivity index (χ2v) is 6.83. The summed E-state index contributed by atoms with van der Waals surface area (Å²) in [5.41, 5.74) is 0.444. The van der Waals surface area contributed by atoms with E-state index in [1.807, 2.05) is 4.90 Å². The van der Waals surface area contributed by atoms with Gasteiger partial charge >= 0.3 is 6.03 Å². The zero-order valence-corrected chi connectivity index (χ0v) is 14.4. The molecule has 0 aliphatic carbocycles. The number of hydrogen-bond donors (Lipinski definition) is 1. The summed E-state index contributed by atoms with van der Waals surface area (Å²) >= 11 is 5.75. The van der Waals surface area contributed by atoms with Crippen LogP contribution < -0.4 is 5.32 Å². The van der Waals surface area contributed by atoms with Crippen LogP contribution in [0.1, 0.15) is 26.2 Å². The number of piperidine rings is 1. The molecule has 130 valence electrons. The molecule has 24 heavy (non-hydrogen) atoms. The summed E-state index contributed by atoms with van der Waals surface area (Å²) in [5.74, 6) is -0.491. The lowest BCUT2D eigenvalue weighted by molar-refractivity contribution is -0.139. The van der Waals surface area contributed by atoms with Crippen molar-refractivity contribution in [2.45, 2.75) is 32.2 Å². The number of carbonyl (C=O) groups excluding carboxylic acids is 2. The molecule has 3 aliphatic rings. The molecular formula is C17H21ClFN3O2. The minimum atomic E-state index is -0.525. The monoisotopic (exact) mass is 353 g/mol. The fourth-order valence-electron chi connectivity index (χ4n) is 3.52. The smallest absolute Gasteiger partial charge is 0.321 e. The van der Waals surface area contributed by atoms with Gasteiger partial charge in [-0.3, -0.25) is 4.79 Å². The molecule has 7 heteroatoms. The van der Waals surface area contributed by atoms with Crippen LogP contribution in [0.3, 0.4) is 0 Å². The van der Waals surface area contributed by atoms with Gasteiger partial charge in [0, 0.05) is 31.4 Å². The summed E-state index contributed by atoms with van der Waals surface area (Å²) in [4.78, 5) is 28.7. The maximum absolute atomic E-state index is 13.2. The number of rotatable bonds is 3. The zero-order valence-electron chi connectivity index (χ0n) is 13.6. The molecule has 3 fully saturated rings. The van der Waals surface area contributed by atoms with E-state index in [-0.39, 0.29) is 28.9 Å². The number of anilines is 1. The predicted molar refractivity (Wildman–Crippen MR) is 90.5 cm³/mol. The van der Waals surface area contributed by atoms with Crippen LogP contribution in [0.15, 0.2) is 18.2 Å². The quantitative estimate of drug-likeness (QED) is 0.906. The highest BCUT2D eigenvalue weighted by Crippen LogP contribution is 2.29. The Labute approximate surface area is 145 Å². The van der Waals surface area contributed by atoms with Crippen molar-refractivity contribution in [1.82, 2.24) is 9.80 Å². The molecule has 3 heterocycles. The maximum atomic E-state index is 13.2. The number of carbonyl (C=O) groups is 2. The number of halogens is 2. The summed E-state index contributed by atoms with van der Waals surface area (Å²) in [7, 11) is 0. The summed E-state index contributed by atoms with van der Waals surface area (Å²) in [6.45, 7) is 3.75. The molecule has 3 amide bonds. The average Bonchev–Trinajstić information content (AvgIpc) is 2.84. The lowest BCUT2D eigenvalue weighted by Gasteiger charge is -2.35. The van der Waals surface area contributed by atoms with Gasteiger partial charge in [0.05, 0.1) is 10.9 Å². The molecular weight excluding hydrogens is 333 g/mol. The van der Waals surface area contributed by atoms with Crippen molar-refractivity contribution in [3.63, 3.8) is 0 Å². The second kappa shape index (κ2) is 6.97. The van der Waals surface area contributed by atoms with E-state index >= 15 is 0 Å². The fourth-order valence-corrected chi connectivity index (χ4v) is 3.70. The van der Waals surface area contributed by atoms with Gasteiger partial charge in [-0.1, -0.05) is 18.5 Å². The molecule has 2 atom stereocenters. The van der Waals surface area contributed by atoms with Crippen molar-refractivity contribution in [2.75, 3.05) is 25.0 Å². The first-order valence-corrected chi connectivity index (χ1v) is 8.69. The Kier molecular flexibility index (Phi) is 4.94. The average molecular weight is 354 g/mol. The Morgan fingerprint density at radius 3 is 2.88 bits per heavy atom. The lowest BCUT2D eigenvalue weighted by atomic mass is 9.94. The number of nitrogens with zero attached hydrogens (tertiary/aromatic N) is 2. The molecule has 0 saturated carbocycles. The van der Waals surface area contributed by atoms with Crippen LogP contribution in [0, 0.1) is 11.7 Å². The number of fused-ring (bicyclic) bond motifs is 4. The van der Waals surface area contributed by atoms with Gasteiger partial charge in [0.1, 0.15) is 5.82 Å². The number of hydrogen-bond acceptors (Lipinski definition) is 2. The lowest BCUT2D eigenvalue weighted by Crippen LogP contribution is -2.48. The van der Waals surface area contributed by atoms with E-state index in [0.29, 0.717) is 18.8 Å². The van der Waals surface area contributed by atoms with Crippen LogP contribution in [0.25, 0.3) is 0 Å². The first kappa shape index (κ1) is 17.0. The van der Waals surface area contributed by atoms with Crippen LogP contribution in [-0.4, -0.2) is 47.4 Å². The van der Waals surface area contributed by atoms with E-state index in [1.54, 1.807) is 4.90 Å². The van der Waals surface area contributed by atoms with Gasteiger partial charge in [0.15, 0.2) is 0 Å². The third kappa shape index (κ3) is 3.34. The molecule has 0 radical (unpaired) electrons. The Bertz CT molecular complexity index is 655. The van der Waals surface area contributed by atoms with E-state index in [9.17, 15) is 14.0 Å². The summed E-state index contributed by atoms with van der Waals surface area (Å²) in [6.07, 6.45) is 2.67. The van der Waals surface area contributed by atoms with Crippen LogP contribution in [0.2, 0.25) is 5.02 Å². The topological polar surface area (TPSA) is 52.7 Å². The molecule has 3 saturated heterocycles. The molecule has 1 aromatic carbocycles. The Morgan fingerprint density at radius 1 is 1.38 bits per heavy atom. The number of urea groups is 1. The fraction of sp³-hybridized carbons (Fsp3) is 0.529. The van der Waals surface area contributed by atoms with Crippen molar-refractivity contribution in [3.8, 4) is 0 Å². The van der Waals surface area contributed by atoms with Gasteiger partial charge in [0.2, 0.25) is 5.91 Å². The third-order valence-electron chi connectivity index (χ3n) is 4.72. The summed E-state index contributed by atoms with van der Waals surface area (Å²) in [5, 5.41) is 2.71. The van der Waals surface area contributed by atoms with E-state index in [0.717, 1.165) is 25.8 Å². The van der Waals surface area contributed by atoms with Gasteiger partial charge < -0.3 is 15.1 Å². The number of amides is 3. The molecule has 0 aromatic heterocycles. The van der Waals surface area contributed by atoms with Crippen LogP contribution in [-0.2, 0) is 4.79 Å². The van der Waals surface area contributed by atoms with E-state index < -0.39 is 5.82 Å². The van der Waals surface area contributed by atoms with Gasteiger partial charge in [-0.2, -0.15) is 0 Å². The van der Waals surface area contributed by atoms with Crippen molar-refractivity contribution in [1.29, 1.82) is 0 Å². The molecule has 1 aromatic rings. The van der Waals surface area contributed by atoms with Crippen LogP contribution in [0.5, 0.6) is 0 Å². The molecule has 2 bridgehead atoms. The molecule has 4 rings (SSSR count). The van der Waals surface area contributed by atoms with Gasteiger partial charge in [-0.05, 0) is 37.5 Å². The van der Waals surface area contributed by atoms with E-state index in [1.165, 1.54) is 18.2 Å². The third-order valence-corrected chi connectivity index (χ3v) is 5.01. The predicted octanol–water partition coefficient (Wildman–Crippen LogP) is 3.34. The molecule has 3 aliphatic heterocycles. The Hall–Kier alpha value is -1.82. The highest BCUT2D eigenvalue weighted by molar-refractivity contribution is 6.31. The van der Waals surface area contributed by atoms with Crippen LogP contribution >= 0.6 is 11.6 Å². The Morgan fingerprint density at radius 2 is 2.17 bits per heavy atom. The number of benzene rings is 1.